The number of hydrogen-bond acceptors (Lipinski definition) is 3. The van der Waals surface area contributed by atoms with E-state index >= 15 is 0 Å². The van der Waals surface area contributed by atoms with E-state index in [2.05, 4.69) is 16.7 Å². The summed E-state index contributed by atoms with van der Waals surface area (Å²) in [7, 11) is 0. The molecule has 1 unspecified atom stereocenters. The van der Waals surface area contributed by atoms with Gasteiger partial charge < -0.3 is 10.1 Å². The molecule has 2 rings (SSSR count). The van der Waals surface area contributed by atoms with Crippen molar-refractivity contribution in [3.05, 3.63) is 41.3 Å². The third-order valence-electron chi connectivity index (χ3n) is 3.10. The van der Waals surface area contributed by atoms with Crippen molar-refractivity contribution in [3.8, 4) is 0 Å². The predicted molar refractivity (Wildman–Crippen MR) is 73.4 cm³/mol. The minimum absolute atomic E-state index is 0. The number of nitrogens with zero attached hydrogens (tertiary/aromatic N) is 1. The predicted octanol–water partition coefficient (Wildman–Crippen LogP) is 1.57. The van der Waals surface area contributed by atoms with E-state index in [1.54, 1.807) is 18.2 Å². The average molecular weight is 361 g/mol. The third-order valence-corrected chi connectivity index (χ3v) is 3.10. The summed E-state index contributed by atoms with van der Waals surface area (Å²) in [5.41, 5.74) is 0.143. The number of allylic oxidation sites excluding steroid dienone is 4. The van der Waals surface area contributed by atoms with Crippen molar-refractivity contribution in [2.24, 2.45) is 5.41 Å². The monoisotopic (exact) mass is 361 g/mol. The van der Waals surface area contributed by atoms with Crippen molar-refractivity contribution >= 4 is 17.7 Å². The maximum Gasteiger partial charge on any atom is 0.226 e. The number of piperidine rings is 1. The van der Waals surface area contributed by atoms with E-state index in [1.807, 2.05) is 19.9 Å². The molecule has 0 spiro atoms. The molecule has 1 heterocycles. The van der Waals surface area contributed by atoms with Gasteiger partial charge in [0.1, 0.15) is 0 Å². The van der Waals surface area contributed by atoms with Gasteiger partial charge in [-0.25, -0.2) is 0 Å². The van der Waals surface area contributed by atoms with Crippen LogP contribution in [0.25, 0.3) is 5.32 Å². The van der Waals surface area contributed by atoms with E-state index in [1.165, 1.54) is 0 Å². The largest absolute Gasteiger partial charge is 0.699 e. The van der Waals surface area contributed by atoms with Gasteiger partial charge in [0.15, 0.2) is 0 Å². The molecule has 1 saturated heterocycles. The molecule has 21 heavy (non-hydrogen) atoms. The molecule has 0 aromatic carbocycles. The maximum absolute atomic E-state index is 12.0. The van der Waals surface area contributed by atoms with Crippen molar-refractivity contribution in [1.82, 2.24) is 5.32 Å². The molecule has 0 aromatic rings. The van der Waals surface area contributed by atoms with Crippen LogP contribution in [0.3, 0.4) is 0 Å². The van der Waals surface area contributed by atoms with Crippen molar-refractivity contribution < 1.29 is 47.1 Å². The topological polar surface area (TPSA) is 77.3 Å². The number of nitrogens with one attached hydrogen (secondary N) is 1. The zero-order valence-corrected chi connectivity index (χ0v) is 14.9. The van der Waals surface area contributed by atoms with Gasteiger partial charge in [-0.3, -0.25) is 14.9 Å². The van der Waals surface area contributed by atoms with E-state index in [0.717, 1.165) is 0 Å². The first-order valence-electron chi connectivity index (χ1n) is 6.47. The molecule has 3 amide bonds. The Morgan fingerprint density at radius 3 is 2.81 bits per heavy atom. The van der Waals surface area contributed by atoms with E-state index < -0.39 is 17.9 Å². The fourth-order valence-electron chi connectivity index (χ4n) is 1.90. The van der Waals surface area contributed by atoms with Crippen LogP contribution in [0.5, 0.6) is 0 Å². The summed E-state index contributed by atoms with van der Waals surface area (Å²) < 4.78 is 0. The summed E-state index contributed by atoms with van der Waals surface area (Å²) in [4.78, 5) is 34.6. The summed E-state index contributed by atoms with van der Waals surface area (Å²) >= 11 is 0. The minimum Gasteiger partial charge on any atom is -0.699 e. The third kappa shape index (κ3) is 5.01. The second-order valence-corrected chi connectivity index (χ2v) is 5.45. The van der Waals surface area contributed by atoms with E-state index in [-0.39, 0.29) is 56.9 Å². The molecule has 1 radical (unpaired) electrons. The number of imide groups is 1. The van der Waals surface area contributed by atoms with Crippen molar-refractivity contribution in [1.29, 1.82) is 0 Å². The zero-order chi connectivity index (χ0) is 14.8. The van der Waals surface area contributed by atoms with Crippen molar-refractivity contribution in [2.75, 3.05) is 0 Å². The molecular weight excluding hydrogens is 345 g/mol. The van der Waals surface area contributed by atoms with Crippen LogP contribution < -0.4 is 5.32 Å². The molecule has 1 N–H and O–H groups in total. The quantitative estimate of drug-likeness (QED) is 0.599. The van der Waals surface area contributed by atoms with Crippen LogP contribution in [-0.2, 0) is 47.1 Å². The summed E-state index contributed by atoms with van der Waals surface area (Å²) in [5.74, 6) is -1.32. The maximum atomic E-state index is 12.0. The molecule has 6 heteroatoms. The SMILES string of the molecule is CC1(C)C=[C-]C(C(=O)[N-]C2CCC(=O)NC2=O)=CC=C1.[Y]. The molecule has 0 aromatic heterocycles. The van der Waals surface area contributed by atoms with Gasteiger partial charge in [-0.2, -0.15) is 17.7 Å². The van der Waals surface area contributed by atoms with Crippen LogP contribution >= 0.6 is 0 Å². The van der Waals surface area contributed by atoms with E-state index in [9.17, 15) is 14.4 Å². The van der Waals surface area contributed by atoms with Crippen LogP contribution in [0.2, 0.25) is 0 Å². The number of carbonyl (C=O) groups is 3. The standard InChI is InChI=1S/C15H17N2O3.Y/c1-15(2)8-3-4-10(7-9-15)13(19)16-11-5-6-12(18)17-14(11)20;/h3-4,8-9,11H,5-6H2,1-2H3,(H2,16,17,18,19,20);/q-1;/p-1. The molecular formula is C15H16N2O3Y-2. The summed E-state index contributed by atoms with van der Waals surface area (Å²) in [5, 5.41) is 6.05. The van der Waals surface area contributed by atoms with Gasteiger partial charge in [-0.1, -0.05) is 19.9 Å². The van der Waals surface area contributed by atoms with Crippen LogP contribution in [0.4, 0.5) is 0 Å². The summed E-state index contributed by atoms with van der Waals surface area (Å²) in [6.45, 7) is 3.99. The van der Waals surface area contributed by atoms with Gasteiger partial charge in [-0.15, -0.1) is 12.2 Å². The van der Waals surface area contributed by atoms with Crippen molar-refractivity contribution in [3.63, 3.8) is 0 Å². The molecule has 1 fully saturated rings. The van der Waals surface area contributed by atoms with Crippen LogP contribution in [0.1, 0.15) is 26.7 Å². The van der Waals surface area contributed by atoms with Gasteiger partial charge in [-0.05, 0) is 23.8 Å². The smallest absolute Gasteiger partial charge is 0.226 e. The second kappa shape index (κ2) is 7.27. The Kier molecular flexibility index (Phi) is 6.23. The fraction of sp³-hybridized carbons (Fsp3) is 0.400. The zero-order valence-electron chi connectivity index (χ0n) is 12.1. The number of rotatable bonds is 2. The van der Waals surface area contributed by atoms with E-state index in [4.69, 9.17) is 0 Å². The molecule has 0 saturated carbocycles. The van der Waals surface area contributed by atoms with Gasteiger partial charge in [0.25, 0.3) is 0 Å². The first kappa shape index (κ1) is 18.0. The molecule has 1 atom stereocenters. The number of carbonyl (C=O) groups excluding carboxylic acids is 3. The Labute approximate surface area is 149 Å². The van der Waals surface area contributed by atoms with Gasteiger partial charge in [0, 0.05) is 39.1 Å². The molecule has 0 bridgehead atoms. The Balaban J connectivity index is 0.00000220. The Hall–Kier alpha value is -1.07. The Morgan fingerprint density at radius 2 is 2.14 bits per heavy atom. The van der Waals surface area contributed by atoms with Crippen LogP contribution in [0.15, 0.2) is 29.9 Å². The molecule has 1 aliphatic heterocycles. The molecule has 5 nitrogen and oxygen atoms in total. The summed E-state index contributed by atoms with van der Waals surface area (Å²) in [6, 6.07) is -0.789. The van der Waals surface area contributed by atoms with Gasteiger partial charge in [0.05, 0.1) is 0 Å². The Bertz CT molecular complexity index is 547. The number of hydrogen-bond donors (Lipinski definition) is 1. The van der Waals surface area contributed by atoms with E-state index in [0.29, 0.717) is 5.57 Å². The summed E-state index contributed by atoms with van der Waals surface area (Å²) in [6.07, 6.45) is 10.5. The first-order valence-corrected chi connectivity index (χ1v) is 6.47. The average Bonchev–Trinajstić information content (AvgIpc) is 2.54. The van der Waals surface area contributed by atoms with Gasteiger partial charge >= 0.3 is 0 Å². The molecule has 2 aliphatic rings. The first-order chi connectivity index (χ1) is 9.37. The Morgan fingerprint density at radius 1 is 1.43 bits per heavy atom. The molecule has 109 valence electrons. The van der Waals surface area contributed by atoms with Gasteiger partial charge in [0.2, 0.25) is 11.8 Å². The minimum atomic E-state index is -0.789. The normalized spacial score (nSPS) is 23.5. The van der Waals surface area contributed by atoms with Crippen molar-refractivity contribution in [2.45, 2.75) is 32.7 Å². The fourth-order valence-corrected chi connectivity index (χ4v) is 1.90. The molecule has 1 aliphatic carbocycles. The number of amides is 3. The second-order valence-electron chi connectivity index (χ2n) is 5.45. The van der Waals surface area contributed by atoms with Crippen LogP contribution in [-0.4, -0.2) is 23.8 Å². The van der Waals surface area contributed by atoms with Crippen LogP contribution in [0, 0.1) is 11.5 Å².